The Morgan fingerprint density at radius 2 is 1.72 bits per heavy atom. The second-order valence-corrected chi connectivity index (χ2v) is 10.5. The Bertz CT molecular complexity index is 1030. The third-order valence-electron chi connectivity index (χ3n) is 8.05. The van der Waals surface area contributed by atoms with Gasteiger partial charge in [0.15, 0.2) is 5.79 Å². The van der Waals surface area contributed by atoms with E-state index in [0.29, 0.717) is 37.9 Å². The van der Waals surface area contributed by atoms with Gasteiger partial charge in [0.2, 0.25) is 0 Å². The topological polar surface area (TPSA) is 49.4 Å². The van der Waals surface area contributed by atoms with Crippen molar-refractivity contribution < 1.29 is 28.1 Å². The van der Waals surface area contributed by atoms with Gasteiger partial charge in [-0.3, -0.25) is 4.90 Å². The number of hydrogen-bond donors (Lipinski definition) is 0. The smallest absolute Gasteiger partial charge is 0.168 e. The predicted molar refractivity (Wildman–Crippen MR) is 134 cm³/mol. The molecular weight excluding hydrogens is 461 g/mol. The second kappa shape index (κ2) is 10.8. The number of fused-ring (bicyclic) bond motifs is 2. The normalized spacial score (nSPS) is 21.2. The van der Waals surface area contributed by atoms with E-state index in [1.165, 1.54) is 5.56 Å². The van der Waals surface area contributed by atoms with E-state index in [0.717, 1.165) is 55.6 Å². The lowest BCUT2D eigenvalue weighted by atomic mass is 9.73. The molecule has 2 fully saturated rings. The minimum atomic E-state index is -0.442. The van der Waals surface area contributed by atoms with Crippen LogP contribution in [0.4, 0.5) is 4.39 Å². The molecule has 1 atom stereocenters. The van der Waals surface area contributed by atoms with Gasteiger partial charge in [0.25, 0.3) is 0 Å². The zero-order valence-electron chi connectivity index (χ0n) is 21.7. The molecule has 0 bridgehead atoms. The zero-order chi connectivity index (χ0) is 25.2. The molecule has 1 saturated heterocycles. The van der Waals surface area contributed by atoms with Crippen molar-refractivity contribution >= 4 is 0 Å². The standard InChI is InChI=1S/C29H38FNO5/c1-21(18-34-19-22-4-6-25(33-3)7-5-22)16-31-17-23-15-27(30)24(20-32-2)14-26(23)28(31)8-10-29(11-9-28)35-12-13-36-29/h4-7,14-15,21H,8-13,16-20H2,1-3H3/t21-/m1/s1. The summed E-state index contributed by atoms with van der Waals surface area (Å²) in [6.45, 7) is 6.70. The molecule has 0 unspecified atom stereocenters. The molecule has 0 N–H and O–H groups in total. The van der Waals surface area contributed by atoms with Crippen LogP contribution in [-0.4, -0.2) is 51.3 Å². The minimum absolute atomic E-state index is 0.143. The molecule has 0 amide bonds. The molecular formula is C29H38FNO5. The molecule has 3 aliphatic rings. The largest absolute Gasteiger partial charge is 0.497 e. The van der Waals surface area contributed by atoms with Crippen molar-refractivity contribution in [1.29, 1.82) is 0 Å². The Balaban J connectivity index is 1.29. The maximum Gasteiger partial charge on any atom is 0.168 e. The summed E-state index contributed by atoms with van der Waals surface area (Å²) in [4.78, 5) is 2.55. The summed E-state index contributed by atoms with van der Waals surface area (Å²) in [5, 5.41) is 0. The van der Waals surface area contributed by atoms with E-state index in [1.807, 2.05) is 30.3 Å². The van der Waals surface area contributed by atoms with Gasteiger partial charge in [0.1, 0.15) is 11.6 Å². The van der Waals surface area contributed by atoms with E-state index in [9.17, 15) is 4.39 Å². The third kappa shape index (κ3) is 5.04. The van der Waals surface area contributed by atoms with E-state index in [2.05, 4.69) is 11.8 Å². The summed E-state index contributed by atoms with van der Waals surface area (Å²) in [5.41, 5.74) is 3.94. The first-order valence-electron chi connectivity index (χ1n) is 13.0. The zero-order valence-corrected chi connectivity index (χ0v) is 21.7. The fourth-order valence-electron chi connectivity index (χ4n) is 6.20. The molecule has 2 aromatic carbocycles. The van der Waals surface area contributed by atoms with Gasteiger partial charge in [-0.1, -0.05) is 19.1 Å². The quantitative estimate of drug-likeness (QED) is 0.475. The molecule has 1 aliphatic carbocycles. The summed E-state index contributed by atoms with van der Waals surface area (Å²) < 4.78 is 43.5. The van der Waals surface area contributed by atoms with Crippen molar-refractivity contribution in [2.45, 2.75) is 63.7 Å². The first-order chi connectivity index (χ1) is 17.5. The van der Waals surface area contributed by atoms with Crippen LogP contribution in [0.3, 0.4) is 0 Å². The number of ether oxygens (including phenoxy) is 5. The SMILES string of the molecule is COCc1cc2c(cc1F)CN(C[C@@H](C)COCc1ccc(OC)cc1)C21CCC2(CC1)OCCO2. The average Bonchev–Trinajstić information content (AvgIpc) is 3.45. The Hall–Kier alpha value is -2.03. The van der Waals surface area contributed by atoms with Gasteiger partial charge in [0.05, 0.1) is 40.1 Å². The lowest BCUT2D eigenvalue weighted by Crippen LogP contribution is -2.50. The van der Waals surface area contributed by atoms with Crippen LogP contribution in [0.5, 0.6) is 5.75 Å². The molecule has 1 saturated carbocycles. The third-order valence-corrected chi connectivity index (χ3v) is 8.05. The lowest BCUT2D eigenvalue weighted by molar-refractivity contribution is -0.195. The van der Waals surface area contributed by atoms with Crippen LogP contribution in [0.1, 0.15) is 54.9 Å². The second-order valence-electron chi connectivity index (χ2n) is 10.5. The van der Waals surface area contributed by atoms with Crippen molar-refractivity contribution in [1.82, 2.24) is 4.90 Å². The number of methoxy groups -OCH3 is 2. The highest BCUT2D eigenvalue weighted by Crippen LogP contribution is 2.53. The van der Waals surface area contributed by atoms with Gasteiger partial charge in [-0.15, -0.1) is 0 Å². The number of rotatable bonds is 9. The molecule has 5 rings (SSSR count). The van der Waals surface area contributed by atoms with Gasteiger partial charge in [-0.2, -0.15) is 0 Å². The maximum atomic E-state index is 14.8. The molecule has 2 heterocycles. The van der Waals surface area contributed by atoms with Crippen molar-refractivity contribution in [3.63, 3.8) is 0 Å². The van der Waals surface area contributed by atoms with Crippen molar-refractivity contribution in [2.75, 3.05) is 40.6 Å². The highest BCUT2D eigenvalue weighted by molar-refractivity contribution is 5.42. The average molecular weight is 500 g/mol. The van der Waals surface area contributed by atoms with Crippen molar-refractivity contribution in [3.8, 4) is 5.75 Å². The molecule has 2 aromatic rings. The molecule has 0 radical (unpaired) electrons. The van der Waals surface area contributed by atoms with Crippen LogP contribution in [-0.2, 0) is 44.2 Å². The number of hydrogen-bond acceptors (Lipinski definition) is 6. The van der Waals surface area contributed by atoms with Crippen LogP contribution in [0.15, 0.2) is 36.4 Å². The first kappa shape index (κ1) is 25.6. The van der Waals surface area contributed by atoms with E-state index in [-0.39, 0.29) is 18.0 Å². The summed E-state index contributed by atoms with van der Waals surface area (Å²) >= 11 is 0. The van der Waals surface area contributed by atoms with Gasteiger partial charge < -0.3 is 23.7 Å². The Kier molecular flexibility index (Phi) is 7.65. The Morgan fingerprint density at radius 3 is 2.39 bits per heavy atom. The molecule has 2 spiro atoms. The van der Waals surface area contributed by atoms with Crippen LogP contribution < -0.4 is 4.74 Å². The van der Waals surface area contributed by atoms with Gasteiger partial charge in [-0.05, 0) is 59.7 Å². The van der Waals surface area contributed by atoms with Crippen LogP contribution in [0.2, 0.25) is 0 Å². The molecule has 0 aromatic heterocycles. The van der Waals surface area contributed by atoms with Crippen LogP contribution in [0, 0.1) is 11.7 Å². The minimum Gasteiger partial charge on any atom is -0.497 e. The summed E-state index contributed by atoms with van der Waals surface area (Å²) in [6.07, 6.45) is 3.56. The summed E-state index contributed by atoms with van der Waals surface area (Å²) in [7, 11) is 3.28. The highest BCUT2D eigenvalue weighted by Gasteiger charge is 2.53. The number of benzene rings is 2. The Labute approximate surface area is 213 Å². The summed E-state index contributed by atoms with van der Waals surface area (Å²) in [6, 6.07) is 11.8. The van der Waals surface area contributed by atoms with E-state index < -0.39 is 5.79 Å². The molecule has 196 valence electrons. The number of nitrogens with zero attached hydrogens (tertiary/aromatic N) is 1. The lowest BCUT2D eigenvalue weighted by Gasteiger charge is -2.47. The van der Waals surface area contributed by atoms with Gasteiger partial charge in [-0.25, -0.2) is 4.39 Å². The van der Waals surface area contributed by atoms with Gasteiger partial charge >= 0.3 is 0 Å². The monoisotopic (exact) mass is 499 g/mol. The number of halogens is 1. The van der Waals surface area contributed by atoms with E-state index in [1.54, 1.807) is 20.3 Å². The van der Waals surface area contributed by atoms with Gasteiger partial charge in [0, 0.05) is 44.1 Å². The molecule has 36 heavy (non-hydrogen) atoms. The van der Waals surface area contributed by atoms with Crippen LogP contribution in [0.25, 0.3) is 0 Å². The highest BCUT2D eigenvalue weighted by atomic mass is 19.1. The fourth-order valence-corrected chi connectivity index (χ4v) is 6.20. The maximum absolute atomic E-state index is 14.8. The van der Waals surface area contributed by atoms with E-state index in [4.69, 9.17) is 23.7 Å². The summed E-state index contributed by atoms with van der Waals surface area (Å²) in [5.74, 6) is 0.548. The molecule has 6 nitrogen and oxygen atoms in total. The van der Waals surface area contributed by atoms with E-state index >= 15 is 0 Å². The van der Waals surface area contributed by atoms with Crippen LogP contribution >= 0.6 is 0 Å². The first-order valence-corrected chi connectivity index (χ1v) is 13.0. The van der Waals surface area contributed by atoms with Crippen molar-refractivity contribution in [3.05, 3.63) is 64.5 Å². The Morgan fingerprint density at radius 1 is 1.00 bits per heavy atom. The fraction of sp³-hybridized carbons (Fsp3) is 0.586. The molecule has 7 heteroatoms. The van der Waals surface area contributed by atoms with Crippen molar-refractivity contribution in [2.24, 2.45) is 5.92 Å². The molecule has 2 aliphatic heterocycles. The predicted octanol–water partition coefficient (Wildman–Crippen LogP) is 5.16.